The number of benzene rings is 2. The van der Waals surface area contributed by atoms with E-state index in [-0.39, 0.29) is 18.1 Å². The molecule has 3 aromatic rings. The largest absolute Gasteiger partial charge is 0.474 e. The third kappa shape index (κ3) is 3.98. The molecule has 4 rings (SSSR count). The van der Waals surface area contributed by atoms with Gasteiger partial charge >= 0.3 is 5.97 Å². The van der Waals surface area contributed by atoms with E-state index < -0.39 is 12.1 Å². The fourth-order valence-electron chi connectivity index (χ4n) is 3.13. The van der Waals surface area contributed by atoms with Gasteiger partial charge in [0.2, 0.25) is 11.9 Å². The number of ether oxygens (including phenoxy) is 3. The summed E-state index contributed by atoms with van der Waals surface area (Å²) >= 11 is 0. The van der Waals surface area contributed by atoms with E-state index in [9.17, 15) is 9.59 Å². The Morgan fingerprint density at radius 3 is 2.60 bits per heavy atom. The van der Waals surface area contributed by atoms with Crippen molar-refractivity contribution in [2.24, 2.45) is 0 Å². The minimum atomic E-state index is -0.928. The van der Waals surface area contributed by atoms with Gasteiger partial charge in [-0.15, -0.1) is 0 Å². The molecule has 0 spiro atoms. The molecule has 152 valence electrons. The molecule has 0 fully saturated rings. The lowest BCUT2D eigenvalue weighted by atomic mass is 10.1. The van der Waals surface area contributed by atoms with Crippen molar-refractivity contribution in [2.45, 2.75) is 20.0 Å². The minimum absolute atomic E-state index is 0.168. The molecule has 0 bridgehead atoms. The Morgan fingerprint density at radius 1 is 1.10 bits per heavy atom. The SMILES string of the molecule is CCOC(=O)[C@@H](Oc1ccc2c(c1)O/C(=C/c1ccc(C)o1)C2=O)c1ccccc1. The summed E-state index contributed by atoms with van der Waals surface area (Å²) in [5.41, 5.74) is 1.09. The molecule has 30 heavy (non-hydrogen) atoms. The quantitative estimate of drug-likeness (QED) is 0.430. The number of hydrogen-bond acceptors (Lipinski definition) is 6. The van der Waals surface area contributed by atoms with E-state index in [1.807, 2.05) is 31.2 Å². The molecule has 1 aliphatic heterocycles. The van der Waals surface area contributed by atoms with Crippen molar-refractivity contribution < 1.29 is 28.2 Å². The third-order valence-electron chi connectivity index (χ3n) is 4.53. The number of Topliss-reactive ketones (excluding diaryl/α,β-unsaturated/α-hetero) is 1. The standard InChI is InChI=1S/C24H20O6/c1-3-27-24(26)23(16-7-5-4-6-8-16)29-18-11-12-19-20(13-18)30-21(22(19)25)14-17-10-9-15(2)28-17/h4-14,23H,3H2,1-2H3/b21-14+/t23-/m0/s1. The van der Waals surface area contributed by atoms with Gasteiger partial charge < -0.3 is 18.6 Å². The van der Waals surface area contributed by atoms with Gasteiger partial charge in [0, 0.05) is 17.7 Å². The average molecular weight is 404 g/mol. The maximum atomic E-state index is 12.6. The zero-order valence-corrected chi connectivity index (χ0v) is 16.6. The van der Waals surface area contributed by atoms with Crippen LogP contribution in [0.1, 0.15) is 40.5 Å². The van der Waals surface area contributed by atoms with Crippen molar-refractivity contribution in [2.75, 3.05) is 6.61 Å². The van der Waals surface area contributed by atoms with Crippen LogP contribution in [0.4, 0.5) is 0 Å². The highest BCUT2D eigenvalue weighted by Crippen LogP contribution is 2.36. The second kappa shape index (κ2) is 8.29. The van der Waals surface area contributed by atoms with Crippen LogP contribution in [0.2, 0.25) is 0 Å². The Bertz CT molecular complexity index is 1110. The highest BCUT2D eigenvalue weighted by Gasteiger charge is 2.30. The number of allylic oxidation sites excluding steroid dienone is 1. The summed E-state index contributed by atoms with van der Waals surface area (Å²) in [5.74, 6) is 1.46. The van der Waals surface area contributed by atoms with Gasteiger partial charge in [-0.3, -0.25) is 4.79 Å². The Kier molecular flexibility index (Phi) is 5.39. The maximum absolute atomic E-state index is 12.6. The van der Waals surface area contributed by atoms with Crippen LogP contribution in [0.3, 0.4) is 0 Å². The maximum Gasteiger partial charge on any atom is 0.352 e. The van der Waals surface area contributed by atoms with Crippen molar-refractivity contribution in [3.8, 4) is 11.5 Å². The summed E-state index contributed by atoms with van der Waals surface area (Å²) in [5, 5.41) is 0. The minimum Gasteiger partial charge on any atom is -0.474 e. The molecular weight excluding hydrogens is 384 g/mol. The van der Waals surface area contributed by atoms with Gasteiger partial charge in [-0.05, 0) is 38.1 Å². The molecule has 6 heteroatoms. The van der Waals surface area contributed by atoms with Crippen molar-refractivity contribution in [3.63, 3.8) is 0 Å². The van der Waals surface area contributed by atoms with Crippen molar-refractivity contribution in [1.29, 1.82) is 0 Å². The van der Waals surface area contributed by atoms with E-state index >= 15 is 0 Å². The third-order valence-corrected chi connectivity index (χ3v) is 4.53. The highest BCUT2D eigenvalue weighted by molar-refractivity contribution is 6.14. The van der Waals surface area contributed by atoms with E-state index in [4.69, 9.17) is 18.6 Å². The van der Waals surface area contributed by atoms with E-state index in [0.717, 1.165) is 5.76 Å². The molecule has 1 aromatic heterocycles. The van der Waals surface area contributed by atoms with Crippen LogP contribution in [-0.4, -0.2) is 18.4 Å². The molecule has 1 atom stereocenters. The van der Waals surface area contributed by atoms with Gasteiger partial charge in [-0.2, -0.15) is 0 Å². The first-order chi connectivity index (χ1) is 14.5. The van der Waals surface area contributed by atoms with Crippen LogP contribution in [0, 0.1) is 6.92 Å². The fraction of sp³-hybridized carbons (Fsp3) is 0.167. The summed E-state index contributed by atoms with van der Waals surface area (Å²) in [7, 11) is 0. The zero-order chi connectivity index (χ0) is 21.1. The molecule has 0 saturated carbocycles. The molecule has 0 saturated heterocycles. The first-order valence-corrected chi connectivity index (χ1v) is 9.58. The van der Waals surface area contributed by atoms with Crippen LogP contribution in [0.5, 0.6) is 11.5 Å². The summed E-state index contributed by atoms with van der Waals surface area (Å²) in [4.78, 5) is 25.0. The van der Waals surface area contributed by atoms with Gasteiger partial charge in [-0.25, -0.2) is 4.79 Å². The second-order valence-corrected chi connectivity index (χ2v) is 6.71. The van der Waals surface area contributed by atoms with Gasteiger partial charge in [0.1, 0.15) is 23.0 Å². The molecule has 0 unspecified atom stereocenters. The molecule has 0 radical (unpaired) electrons. The second-order valence-electron chi connectivity index (χ2n) is 6.71. The first-order valence-electron chi connectivity index (χ1n) is 9.58. The van der Waals surface area contributed by atoms with E-state index in [1.54, 1.807) is 49.4 Å². The number of hydrogen-bond donors (Lipinski definition) is 0. The average Bonchev–Trinajstić information content (AvgIpc) is 3.29. The number of ketones is 1. The summed E-state index contributed by atoms with van der Waals surface area (Å²) in [6, 6.07) is 17.5. The van der Waals surface area contributed by atoms with Gasteiger partial charge in [0.05, 0.1) is 12.2 Å². The van der Waals surface area contributed by atoms with E-state index in [0.29, 0.717) is 28.4 Å². The molecule has 0 amide bonds. The predicted octanol–water partition coefficient (Wildman–Crippen LogP) is 4.89. The molecule has 0 aliphatic carbocycles. The number of carbonyl (C=O) groups excluding carboxylic acids is 2. The highest BCUT2D eigenvalue weighted by atomic mass is 16.6. The van der Waals surface area contributed by atoms with E-state index in [2.05, 4.69) is 0 Å². The van der Waals surface area contributed by atoms with E-state index in [1.165, 1.54) is 0 Å². The first kappa shape index (κ1) is 19.5. The summed E-state index contributed by atoms with van der Waals surface area (Å²) in [6.45, 7) is 3.81. The zero-order valence-electron chi connectivity index (χ0n) is 16.6. The molecule has 2 heterocycles. The van der Waals surface area contributed by atoms with Crippen molar-refractivity contribution in [3.05, 3.63) is 89.1 Å². The van der Waals surface area contributed by atoms with Crippen LogP contribution >= 0.6 is 0 Å². The predicted molar refractivity (Wildman–Crippen MR) is 109 cm³/mol. The molecule has 0 N–H and O–H groups in total. The number of rotatable bonds is 6. The van der Waals surface area contributed by atoms with Crippen LogP contribution < -0.4 is 9.47 Å². The summed E-state index contributed by atoms with van der Waals surface area (Å²) in [6.07, 6.45) is 0.628. The van der Waals surface area contributed by atoms with Crippen LogP contribution in [0.15, 0.2) is 70.8 Å². The van der Waals surface area contributed by atoms with Gasteiger partial charge in [0.15, 0.2) is 5.76 Å². The Labute approximate surface area is 173 Å². The van der Waals surface area contributed by atoms with Crippen LogP contribution in [-0.2, 0) is 9.53 Å². The van der Waals surface area contributed by atoms with Crippen LogP contribution in [0.25, 0.3) is 6.08 Å². The fourth-order valence-corrected chi connectivity index (χ4v) is 3.13. The molecule has 2 aromatic carbocycles. The smallest absolute Gasteiger partial charge is 0.352 e. The van der Waals surface area contributed by atoms with Gasteiger partial charge in [0.25, 0.3) is 0 Å². The van der Waals surface area contributed by atoms with Gasteiger partial charge in [-0.1, -0.05) is 30.3 Å². The van der Waals surface area contributed by atoms with Crippen molar-refractivity contribution >= 4 is 17.8 Å². The monoisotopic (exact) mass is 404 g/mol. The molecule has 6 nitrogen and oxygen atoms in total. The van der Waals surface area contributed by atoms with Crippen molar-refractivity contribution in [1.82, 2.24) is 0 Å². The number of carbonyl (C=O) groups is 2. The summed E-state index contributed by atoms with van der Waals surface area (Å²) < 4.78 is 22.3. The molecule has 1 aliphatic rings. The lowest BCUT2D eigenvalue weighted by Crippen LogP contribution is -2.21. The number of aryl methyl sites for hydroxylation is 1. The lowest BCUT2D eigenvalue weighted by molar-refractivity contribution is -0.151. The topological polar surface area (TPSA) is 75.0 Å². The number of fused-ring (bicyclic) bond motifs is 1. The number of furan rings is 1. The lowest BCUT2D eigenvalue weighted by Gasteiger charge is -2.18. The Balaban J connectivity index is 1.59. The molecular formula is C24H20O6. The Morgan fingerprint density at radius 2 is 1.90 bits per heavy atom. The number of esters is 1. The Hall–Kier alpha value is -3.80. The normalized spacial score (nSPS) is 14.9.